The minimum Gasteiger partial charge on any atom is -0.493 e. The van der Waals surface area contributed by atoms with Crippen LogP contribution in [-0.4, -0.2) is 30.7 Å². The molecule has 0 fully saturated rings. The predicted octanol–water partition coefficient (Wildman–Crippen LogP) is 5.47. The van der Waals surface area contributed by atoms with Gasteiger partial charge in [-0.2, -0.15) is 0 Å². The molecule has 1 amide bonds. The molecule has 7 heteroatoms. The summed E-state index contributed by atoms with van der Waals surface area (Å²) in [6, 6.07) is 13.2. The molecule has 1 aliphatic heterocycles. The molecule has 1 aromatic heterocycles. The lowest BCUT2D eigenvalue weighted by Gasteiger charge is -2.24. The molecule has 1 aliphatic rings. The maximum Gasteiger partial charge on any atom is 0.346 e. The number of aromatic carboxylic acids is 1. The van der Waals surface area contributed by atoms with Gasteiger partial charge in [-0.3, -0.25) is 4.79 Å². The highest BCUT2D eigenvalue weighted by Gasteiger charge is 2.34. The summed E-state index contributed by atoms with van der Waals surface area (Å²) in [4.78, 5) is 25.8. The monoisotopic (exact) mass is 449 g/mol. The highest BCUT2D eigenvalue weighted by molar-refractivity contribution is 7.15. The standard InChI is InChI=1S/C25H23NO5S/c1-4-11-31-18-10-9-16(12-19(18)30-3)17-13-20(27)26-22-21(15-7-5-14(2)6-8-15)24(25(28)29)32-23(17)22/h4-10,12,17H,1,11,13H2,2-3H3,(H,26,27)(H,28,29). The van der Waals surface area contributed by atoms with E-state index in [0.29, 0.717) is 29.4 Å². The molecule has 3 aromatic rings. The molecule has 2 heterocycles. The summed E-state index contributed by atoms with van der Waals surface area (Å²) in [6.45, 7) is 5.97. The van der Waals surface area contributed by atoms with Crippen LogP contribution in [0.25, 0.3) is 11.1 Å². The second kappa shape index (κ2) is 8.88. The lowest BCUT2D eigenvalue weighted by molar-refractivity contribution is -0.116. The summed E-state index contributed by atoms with van der Waals surface area (Å²) in [5.74, 6) is -0.335. The SMILES string of the molecule is C=CCOc1ccc(C2CC(=O)Nc3c2sc(C(=O)O)c3-c2ccc(C)cc2)cc1OC. The van der Waals surface area contributed by atoms with Crippen LogP contribution >= 0.6 is 11.3 Å². The number of nitrogens with one attached hydrogen (secondary N) is 1. The van der Waals surface area contributed by atoms with E-state index in [2.05, 4.69) is 11.9 Å². The summed E-state index contributed by atoms with van der Waals surface area (Å²) in [6.07, 6.45) is 1.87. The summed E-state index contributed by atoms with van der Waals surface area (Å²) < 4.78 is 11.1. The van der Waals surface area contributed by atoms with Gasteiger partial charge in [0.15, 0.2) is 11.5 Å². The zero-order valence-electron chi connectivity index (χ0n) is 17.8. The molecular weight excluding hydrogens is 426 g/mol. The molecule has 164 valence electrons. The second-order valence-electron chi connectivity index (χ2n) is 7.53. The fourth-order valence-electron chi connectivity index (χ4n) is 3.87. The van der Waals surface area contributed by atoms with E-state index in [1.807, 2.05) is 43.3 Å². The third-order valence-electron chi connectivity index (χ3n) is 5.39. The summed E-state index contributed by atoms with van der Waals surface area (Å²) >= 11 is 1.21. The number of benzene rings is 2. The Bertz CT molecular complexity index is 1200. The molecule has 2 aromatic carbocycles. The molecule has 0 saturated carbocycles. The summed E-state index contributed by atoms with van der Waals surface area (Å²) in [5, 5.41) is 12.8. The first-order valence-electron chi connectivity index (χ1n) is 10.1. The molecule has 1 unspecified atom stereocenters. The predicted molar refractivity (Wildman–Crippen MR) is 125 cm³/mol. The highest BCUT2D eigenvalue weighted by Crippen LogP contribution is 2.50. The van der Waals surface area contributed by atoms with E-state index in [1.165, 1.54) is 11.3 Å². The number of methoxy groups -OCH3 is 1. The van der Waals surface area contributed by atoms with Crippen LogP contribution in [0.3, 0.4) is 0 Å². The Hall–Kier alpha value is -3.58. The number of carbonyl (C=O) groups is 2. The molecule has 6 nitrogen and oxygen atoms in total. The van der Waals surface area contributed by atoms with Crippen LogP contribution in [0.4, 0.5) is 5.69 Å². The van der Waals surface area contributed by atoms with E-state index in [-0.39, 0.29) is 23.1 Å². The number of anilines is 1. The first-order valence-corrected chi connectivity index (χ1v) is 10.9. The number of hydrogen-bond donors (Lipinski definition) is 2. The smallest absolute Gasteiger partial charge is 0.346 e. The molecule has 0 radical (unpaired) electrons. The number of fused-ring (bicyclic) bond motifs is 1. The first-order chi connectivity index (χ1) is 15.4. The summed E-state index contributed by atoms with van der Waals surface area (Å²) in [5.41, 5.74) is 3.81. The van der Waals surface area contributed by atoms with Crippen molar-refractivity contribution >= 4 is 28.9 Å². The maximum absolute atomic E-state index is 12.7. The zero-order valence-corrected chi connectivity index (χ0v) is 18.6. The third kappa shape index (κ3) is 3.99. The zero-order chi connectivity index (χ0) is 22.8. The Morgan fingerprint density at radius 2 is 2.00 bits per heavy atom. The molecule has 0 saturated heterocycles. The number of carboxylic acids is 1. The Morgan fingerprint density at radius 3 is 2.66 bits per heavy atom. The first kappa shape index (κ1) is 21.6. The fourth-order valence-corrected chi connectivity index (χ4v) is 5.12. The number of thiophene rings is 1. The van der Waals surface area contributed by atoms with E-state index in [0.717, 1.165) is 21.6 Å². The Balaban J connectivity index is 1.84. The van der Waals surface area contributed by atoms with Crippen LogP contribution in [0.2, 0.25) is 0 Å². The topological polar surface area (TPSA) is 84.9 Å². The van der Waals surface area contributed by atoms with E-state index >= 15 is 0 Å². The number of hydrogen-bond acceptors (Lipinski definition) is 5. The van der Waals surface area contributed by atoms with Gasteiger partial charge in [-0.1, -0.05) is 48.6 Å². The van der Waals surface area contributed by atoms with Crippen LogP contribution < -0.4 is 14.8 Å². The van der Waals surface area contributed by atoms with Gasteiger partial charge in [0, 0.05) is 22.8 Å². The summed E-state index contributed by atoms with van der Waals surface area (Å²) in [7, 11) is 1.56. The second-order valence-corrected chi connectivity index (χ2v) is 8.58. The number of aryl methyl sites for hydroxylation is 1. The van der Waals surface area contributed by atoms with Crippen molar-refractivity contribution in [2.75, 3.05) is 19.0 Å². The van der Waals surface area contributed by atoms with Crippen molar-refractivity contribution in [1.29, 1.82) is 0 Å². The van der Waals surface area contributed by atoms with Gasteiger partial charge in [0.2, 0.25) is 5.91 Å². The normalized spacial score (nSPS) is 14.9. The lowest BCUT2D eigenvalue weighted by atomic mass is 9.88. The Labute approximate surface area is 190 Å². The highest BCUT2D eigenvalue weighted by atomic mass is 32.1. The molecule has 0 aliphatic carbocycles. The van der Waals surface area contributed by atoms with E-state index in [4.69, 9.17) is 9.47 Å². The average molecular weight is 450 g/mol. The van der Waals surface area contributed by atoms with Gasteiger partial charge in [0.1, 0.15) is 11.5 Å². The van der Waals surface area contributed by atoms with Crippen molar-refractivity contribution in [2.24, 2.45) is 0 Å². The Morgan fingerprint density at radius 1 is 1.25 bits per heavy atom. The molecule has 0 bridgehead atoms. The minimum absolute atomic E-state index is 0.156. The lowest BCUT2D eigenvalue weighted by Crippen LogP contribution is -2.22. The van der Waals surface area contributed by atoms with Crippen LogP contribution in [-0.2, 0) is 4.79 Å². The van der Waals surface area contributed by atoms with Gasteiger partial charge in [0.05, 0.1) is 12.8 Å². The van der Waals surface area contributed by atoms with Crippen LogP contribution in [0.15, 0.2) is 55.1 Å². The Kier molecular flexibility index (Phi) is 6.01. The van der Waals surface area contributed by atoms with Crippen molar-refractivity contribution in [3.8, 4) is 22.6 Å². The van der Waals surface area contributed by atoms with Crippen LogP contribution in [0.5, 0.6) is 11.5 Å². The number of ether oxygens (including phenoxy) is 2. The molecule has 0 spiro atoms. The van der Waals surface area contributed by atoms with Crippen molar-refractivity contribution in [3.05, 3.63) is 76.0 Å². The van der Waals surface area contributed by atoms with E-state index in [9.17, 15) is 14.7 Å². The number of rotatable bonds is 7. The van der Waals surface area contributed by atoms with Crippen molar-refractivity contribution < 1.29 is 24.2 Å². The average Bonchev–Trinajstić information content (AvgIpc) is 3.17. The number of carboxylic acid groups (broad SMARTS) is 1. The molecule has 1 atom stereocenters. The van der Waals surface area contributed by atoms with Gasteiger partial charge < -0.3 is 19.9 Å². The molecule has 32 heavy (non-hydrogen) atoms. The maximum atomic E-state index is 12.7. The van der Waals surface area contributed by atoms with Gasteiger partial charge in [-0.05, 0) is 30.2 Å². The van der Waals surface area contributed by atoms with E-state index in [1.54, 1.807) is 19.3 Å². The molecule has 4 rings (SSSR count). The van der Waals surface area contributed by atoms with Crippen LogP contribution in [0, 0.1) is 6.92 Å². The number of carbonyl (C=O) groups excluding carboxylic acids is 1. The largest absolute Gasteiger partial charge is 0.493 e. The van der Waals surface area contributed by atoms with Gasteiger partial charge in [0.25, 0.3) is 0 Å². The van der Waals surface area contributed by atoms with Crippen molar-refractivity contribution in [3.63, 3.8) is 0 Å². The van der Waals surface area contributed by atoms with Crippen molar-refractivity contribution in [1.82, 2.24) is 0 Å². The minimum atomic E-state index is -1.02. The van der Waals surface area contributed by atoms with Gasteiger partial charge in [-0.25, -0.2) is 4.79 Å². The van der Waals surface area contributed by atoms with Gasteiger partial charge >= 0.3 is 5.97 Å². The molecule has 2 N–H and O–H groups in total. The third-order valence-corrected chi connectivity index (χ3v) is 6.68. The molecular formula is C25H23NO5S. The fraction of sp³-hybridized carbons (Fsp3) is 0.200. The van der Waals surface area contributed by atoms with Gasteiger partial charge in [-0.15, -0.1) is 11.3 Å². The van der Waals surface area contributed by atoms with Crippen molar-refractivity contribution in [2.45, 2.75) is 19.3 Å². The van der Waals surface area contributed by atoms with E-state index < -0.39 is 5.97 Å². The quantitative estimate of drug-likeness (QED) is 0.467. The number of amides is 1. The van der Waals surface area contributed by atoms with Crippen LogP contribution in [0.1, 0.15) is 38.0 Å².